The van der Waals surface area contributed by atoms with Crippen LogP contribution in [0.4, 0.5) is 10.1 Å². The second kappa shape index (κ2) is 3.56. The number of nitrogens with zero attached hydrogens (tertiary/aromatic N) is 1. The van der Waals surface area contributed by atoms with E-state index >= 15 is 0 Å². The Morgan fingerprint density at radius 2 is 1.88 bits per heavy atom. The van der Waals surface area contributed by atoms with E-state index in [4.69, 9.17) is 0 Å². The summed E-state index contributed by atoms with van der Waals surface area (Å²) >= 11 is 0. The lowest BCUT2D eigenvalue weighted by Crippen LogP contribution is -2.31. The molecule has 4 heteroatoms. The molecule has 0 saturated heterocycles. The summed E-state index contributed by atoms with van der Waals surface area (Å²) in [6.07, 6.45) is 1.26. The number of rotatable bonds is 1. The summed E-state index contributed by atoms with van der Waals surface area (Å²) in [7, 11) is 0. The second-order valence-electron chi connectivity index (χ2n) is 3.74. The second-order valence-corrected chi connectivity index (χ2v) is 3.74. The number of carbonyl (C=O) groups excluding carboxylic acids is 2. The first-order valence-electron chi connectivity index (χ1n) is 4.83. The molecule has 82 valence electrons. The number of benzene rings is 1. The molecule has 1 aliphatic heterocycles. The Balaban J connectivity index is 2.50. The van der Waals surface area contributed by atoms with Gasteiger partial charge >= 0.3 is 0 Å². The summed E-state index contributed by atoms with van der Waals surface area (Å²) in [5, 5.41) is 0. The van der Waals surface area contributed by atoms with Gasteiger partial charge in [0.1, 0.15) is 5.82 Å². The molecule has 0 spiro atoms. The van der Waals surface area contributed by atoms with E-state index in [1.165, 1.54) is 18.2 Å². The van der Waals surface area contributed by atoms with Gasteiger partial charge in [-0.2, -0.15) is 0 Å². The van der Waals surface area contributed by atoms with E-state index < -0.39 is 17.6 Å². The Morgan fingerprint density at radius 1 is 1.19 bits per heavy atom. The van der Waals surface area contributed by atoms with Gasteiger partial charge in [-0.05, 0) is 31.5 Å². The van der Waals surface area contributed by atoms with E-state index in [9.17, 15) is 14.0 Å². The molecule has 0 saturated carbocycles. The minimum absolute atomic E-state index is 0.308. The number of halogens is 1. The normalized spacial score (nSPS) is 15.7. The molecule has 1 aromatic carbocycles. The van der Waals surface area contributed by atoms with E-state index in [1.54, 1.807) is 19.9 Å². The van der Waals surface area contributed by atoms with Crippen LogP contribution in [0.15, 0.2) is 29.8 Å². The molecule has 0 fully saturated rings. The molecule has 2 amide bonds. The maximum absolute atomic E-state index is 13.1. The Bertz CT molecular complexity index is 520. The zero-order valence-corrected chi connectivity index (χ0v) is 8.95. The lowest BCUT2D eigenvalue weighted by molar-refractivity contribution is -0.120. The van der Waals surface area contributed by atoms with Crippen LogP contribution in [0.5, 0.6) is 0 Å². The van der Waals surface area contributed by atoms with Crippen molar-refractivity contribution in [3.05, 3.63) is 41.2 Å². The van der Waals surface area contributed by atoms with E-state index in [-0.39, 0.29) is 0 Å². The highest BCUT2D eigenvalue weighted by molar-refractivity contribution is 6.30. The molecule has 0 aliphatic carbocycles. The van der Waals surface area contributed by atoms with Crippen molar-refractivity contribution in [2.75, 3.05) is 4.90 Å². The summed E-state index contributed by atoms with van der Waals surface area (Å²) in [5.41, 5.74) is 1.36. The predicted molar refractivity (Wildman–Crippen MR) is 57.4 cm³/mol. The van der Waals surface area contributed by atoms with Crippen molar-refractivity contribution in [3.8, 4) is 0 Å². The first kappa shape index (κ1) is 10.5. The van der Waals surface area contributed by atoms with Crippen molar-refractivity contribution in [1.29, 1.82) is 0 Å². The Kier molecular flexibility index (Phi) is 2.34. The molecular formula is C12H10FNO2. The fourth-order valence-corrected chi connectivity index (χ4v) is 1.64. The molecule has 0 aromatic heterocycles. The Labute approximate surface area is 92.2 Å². The lowest BCUT2D eigenvalue weighted by Gasteiger charge is -2.16. The third kappa shape index (κ3) is 1.52. The van der Waals surface area contributed by atoms with Gasteiger partial charge in [-0.15, -0.1) is 0 Å². The van der Waals surface area contributed by atoms with Gasteiger partial charge in [-0.1, -0.05) is 6.07 Å². The maximum atomic E-state index is 13.1. The molecular weight excluding hydrogens is 209 g/mol. The predicted octanol–water partition coefficient (Wildman–Crippen LogP) is 1.95. The molecule has 0 radical (unpaired) electrons. The quantitative estimate of drug-likeness (QED) is 0.677. The zero-order valence-electron chi connectivity index (χ0n) is 8.95. The van der Waals surface area contributed by atoms with Crippen molar-refractivity contribution in [2.45, 2.75) is 13.8 Å². The van der Waals surface area contributed by atoms with Crippen LogP contribution in [0.25, 0.3) is 0 Å². The molecule has 0 unspecified atom stereocenters. The molecule has 1 aliphatic rings. The summed E-state index contributed by atoms with van der Waals surface area (Å²) < 4.78 is 13.1. The van der Waals surface area contributed by atoms with Crippen LogP contribution in [0.1, 0.15) is 12.5 Å². The molecule has 0 atom stereocenters. The SMILES string of the molecule is CC1=CC(=O)N(c2cc(F)ccc2C)C1=O. The standard InChI is InChI=1S/C12H10FNO2/c1-7-3-4-9(13)6-10(7)14-11(15)5-8(2)12(14)16/h3-6H,1-2H3. The average molecular weight is 219 g/mol. The van der Waals surface area contributed by atoms with Gasteiger partial charge in [-0.3, -0.25) is 9.59 Å². The van der Waals surface area contributed by atoms with Crippen molar-refractivity contribution in [3.63, 3.8) is 0 Å². The number of amides is 2. The fraction of sp³-hybridized carbons (Fsp3) is 0.167. The number of hydrogen-bond donors (Lipinski definition) is 0. The number of hydrogen-bond acceptors (Lipinski definition) is 2. The van der Waals surface area contributed by atoms with E-state index in [1.807, 2.05) is 0 Å². The van der Waals surface area contributed by atoms with Gasteiger partial charge < -0.3 is 0 Å². The van der Waals surface area contributed by atoms with Crippen LogP contribution >= 0.6 is 0 Å². The summed E-state index contributed by atoms with van der Waals surface area (Å²) in [4.78, 5) is 24.3. The maximum Gasteiger partial charge on any atom is 0.261 e. The van der Waals surface area contributed by atoms with Crippen LogP contribution in [0, 0.1) is 12.7 Å². The number of anilines is 1. The Hall–Kier alpha value is -1.97. The number of aryl methyl sites for hydroxylation is 1. The third-order valence-corrected chi connectivity index (χ3v) is 2.51. The molecule has 0 bridgehead atoms. The molecule has 1 aromatic rings. The summed E-state index contributed by atoms with van der Waals surface area (Å²) in [6, 6.07) is 4.03. The number of imide groups is 1. The van der Waals surface area contributed by atoms with Crippen molar-refractivity contribution in [1.82, 2.24) is 0 Å². The molecule has 0 N–H and O–H groups in total. The van der Waals surface area contributed by atoms with Gasteiger partial charge in [0.25, 0.3) is 11.8 Å². The highest BCUT2D eigenvalue weighted by atomic mass is 19.1. The first-order chi connectivity index (χ1) is 7.50. The largest absolute Gasteiger partial charge is 0.269 e. The highest BCUT2D eigenvalue weighted by Gasteiger charge is 2.30. The molecule has 1 heterocycles. The number of carbonyl (C=O) groups is 2. The van der Waals surface area contributed by atoms with Gasteiger partial charge in [0.2, 0.25) is 0 Å². The fourth-order valence-electron chi connectivity index (χ4n) is 1.64. The van der Waals surface area contributed by atoms with E-state index in [0.29, 0.717) is 16.8 Å². The van der Waals surface area contributed by atoms with E-state index in [0.717, 1.165) is 4.90 Å². The van der Waals surface area contributed by atoms with Gasteiger partial charge in [0.05, 0.1) is 5.69 Å². The Morgan fingerprint density at radius 3 is 2.44 bits per heavy atom. The van der Waals surface area contributed by atoms with Gasteiger partial charge in [0, 0.05) is 11.6 Å². The van der Waals surface area contributed by atoms with Crippen LogP contribution in [-0.4, -0.2) is 11.8 Å². The van der Waals surface area contributed by atoms with Crippen molar-refractivity contribution in [2.24, 2.45) is 0 Å². The minimum atomic E-state index is -0.467. The van der Waals surface area contributed by atoms with Crippen molar-refractivity contribution >= 4 is 17.5 Å². The average Bonchev–Trinajstić information content (AvgIpc) is 2.46. The third-order valence-electron chi connectivity index (χ3n) is 2.51. The topological polar surface area (TPSA) is 37.4 Å². The van der Waals surface area contributed by atoms with Crippen LogP contribution in [0.2, 0.25) is 0 Å². The molecule has 16 heavy (non-hydrogen) atoms. The van der Waals surface area contributed by atoms with E-state index in [2.05, 4.69) is 0 Å². The van der Waals surface area contributed by atoms with Crippen molar-refractivity contribution < 1.29 is 14.0 Å². The first-order valence-corrected chi connectivity index (χ1v) is 4.83. The van der Waals surface area contributed by atoms with Crippen LogP contribution < -0.4 is 4.90 Å². The summed E-state index contributed by atoms with van der Waals surface area (Å²) in [6.45, 7) is 3.29. The van der Waals surface area contributed by atoms with Crippen LogP contribution in [-0.2, 0) is 9.59 Å². The molecule has 3 nitrogen and oxygen atoms in total. The molecule has 2 rings (SSSR count). The van der Waals surface area contributed by atoms with Gasteiger partial charge in [0.15, 0.2) is 0 Å². The smallest absolute Gasteiger partial charge is 0.261 e. The monoisotopic (exact) mass is 219 g/mol. The zero-order chi connectivity index (χ0) is 11.9. The lowest BCUT2D eigenvalue weighted by atomic mass is 10.1. The van der Waals surface area contributed by atoms with Gasteiger partial charge in [-0.25, -0.2) is 9.29 Å². The highest BCUT2D eigenvalue weighted by Crippen LogP contribution is 2.26. The minimum Gasteiger partial charge on any atom is -0.269 e. The van der Waals surface area contributed by atoms with Crippen LogP contribution in [0.3, 0.4) is 0 Å². The summed E-state index contributed by atoms with van der Waals surface area (Å²) in [5.74, 6) is -1.28.